The summed E-state index contributed by atoms with van der Waals surface area (Å²) in [5.41, 5.74) is 9.02. The van der Waals surface area contributed by atoms with Crippen LogP contribution in [0.4, 0.5) is 4.79 Å². The third kappa shape index (κ3) is 4.31. The number of primary amides is 1. The average molecular weight is 464 g/mol. The van der Waals surface area contributed by atoms with Crippen LogP contribution >= 0.6 is 0 Å². The standard InChI is InChI=1S/C26H33N5O3/c1-33-20-7-8-23-22(17-20)21-9-12-31(14-11-28-25(27)32)26(24(21)29-23)10-13-30(18-26)15-16-34-19-5-3-2-4-6-19/h2-8,17,29H,9-16,18H2,1H3,(H3,27,28,32). The van der Waals surface area contributed by atoms with Crippen LogP contribution in [0.3, 0.4) is 0 Å². The Morgan fingerprint density at radius 3 is 2.79 bits per heavy atom. The highest BCUT2D eigenvalue weighted by atomic mass is 16.5. The summed E-state index contributed by atoms with van der Waals surface area (Å²) >= 11 is 0. The Bertz CT molecular complexity index is 1150. The van der Waals surface area contributed by atoms with Crippen molar-refractivity contribution in [3.63, 3.8) is 0 Å². The number of nitrogens with zero attached hydrogens (tertiary/aromatic N) is 2. The summed E-state index contributed by atoms with van der Waals surface area (Å²) in [6, 6.07) is 15.7. The van der Waals surface area contributed by atoms with Gasteiger partial charge in [-0.25, -0.2) is 4.79 Å². The highest BCUT2D eigenvalue weighted by molar-refractivity contribution is 5.87. The molecule has 1 unspecified atom stereocenters. The predicted molar refractivity (Wildman–Crippen MR) is 132 cm³/mol. The summed E-state index contributed by atoms with van der Waals surface area (Å²) in [7, 11) is 1.71. The Balaban J connectivity index is 1.39. The van der Waals surface area contributed by atoms with Crippen LogP contribution in [-0.2, 0) is 12.0 Å². The van der Waals surface area contributed by atoms with Gasteiger partial charge in [-0.3, -0.25) is 9.80 Å². The van der Waals surface area contributed by atoms with Gasteiger partial charge in [-0.15, -0.1) is 0 Å². The molecule has 1 saturated heterocycles. The fraction of sp³-hybridized carbons (Fsp3) is 0.423. The lowest BCUT2D eigenvalue weighted by Gasteiger charge is -2.45. The molecule has 8 heteroatoms. The maximum absolute atomic E-state index is 11.3. The van der Waals surface area contributed by atoms with Crippen molar-refractivity contribution in [1.29, 1.82) is 0 Å². The van der Waals surface area contributed by atoms with Gasteiger partial charge in [0.15, 0.2) is 0 Å². The molecule has 0 saturated carbocycles. The van der Waals surface area contributed by atoms with Crippen molar-refractivity contribution in [3.8, 4) is 11.5 Å². The van der Waals surface area contributed by atoms with Gasteiger partial charge in [-0.2, -0.15) is 0 Å². The normalized spacial score (nSPS) is 20.5. The van der Waals surface area contributed by atoms with Gasteiger partial charge in [-0.05, 0) is 48.7 Å². The molecule has 1 aromatic heterocycles. The predicted octanol–water partition coefficient (Wildman–Crippen LogP) is 2.68. The maximum atomic E-state index is 11.3. The Kier molecular flexibility index (Phi) is 6.34. The molecule has 3 aromatic rings. The molecular weight excluding hydrogens is 430 g/mol. The number of rotatable bonds is 8. The number of para-hydroxylation sites is 1. The Morgan fingerprint density at radius 2 is 2.00 bits per heavy atom. The molecule has 8 nitrogen and oxygen atoms in total. The van der Waals surface area contributed by atoms with Crippen LogP contribution in [0.15, 0.2) is 48.5 Å². The fourth-order valence-corrected chi connectivity index (χ4v) is 5.60. The number of carbonyl (C=O) groups excluding carboxylic acids is 1. The molecule has 1 spiro atoms. The number of carbonyl (C=O) groups is 1. The van der Waals surface area contributed by atoms with E-state index in [1.165, 1.54) is 16.6 Å². The molecule has 2 amide bonds. The van der Waals surface area contributed by atoms with Crippen molar-refractivity contribution in [1.82, 2.24) is 20.1 Å². The van der Waals surface area contributed by atoms with Crippen LogP contribution < -0.4 is 20.5 Å². The largest absolute Gasteiger partial charge is 0.497 e. The van der Waals surface area contributed by atoms with Gasteiger partial charge >= 0.3 is 6.03 Å². The van der Waals surface area contributed by atoms with Crippen LogP contribution in [-0.4, -0.2) is 73.8 Å². The van der Waals surface area contributed by atoms with E-state index < -0.39 is 6.03 Å². The van der Waals surface area contributed by atoms with Gasteiger partial charge in [0.25, 0.3) is 0 Å². The van der Waals surface area contributed by atoms with Crippen molar-refractivity contribution in [2.24, 2.45) is 5.73 Å². The SMILES string of the molecule is COc1ccc2[nH]c3c(c2c1)CCN(CCNC(N)=O)C31CCN(CCOc2ccccc2)C1. The number of urea groups is 1. The van der Waals surface area contributed by atoms with Crippen molar-refractivity contribution in [2.45, 2.75) is 18.4 Å². The number of hydrogen-bond acceptors (Lipinski definition) is 5. The van der Waals surface area contributed by atoms with Crippen molar-refractivity contribution < 1.29 is 14.3 Å². The zero-order valence-electron chi connectivity index (χ0n) is 19.7. The Morgan fingerprint density at radius 1 is 1.15 bits per heavy atom. The Hall–Kier alpha value is -3.23. The van der Waals surface area contributed by atoms with Crippen LogP contribution in [0, 0.1) is 0 Å². The van der Waals surface area contributed by atoms with Gasteiger partial charge in [-0.1, -0.05) is 18.2 Å². The molecule has 3 heterocycles. The fourth-order valence-electron chi connectivity index (χ4n) is 5.60. The smallest absolute Gasteiger partial charge is 0.312 e. The third-order valence-corrected chi connectivity index (χ3v) is 7.24. The van der Waals surface area contributed by atoms with E-state index in [1.54, 1.807) is 7.11 Å². The Labute approximate surface area is 200 Å². The molecule has 0 radical (unpaired) electrons. The molecule has 2 aliphatic heterocycles. The molecule has 1 fully saturated rings. The second-order valence-electron chi connectivity index (χ2n) is 9.14. The number of amides is 2. The second-order valence-corrected chi connectivity index (χ2v) is 9.14. The molecule has 2 aliphatic rings. The minimum Gasteiger partial charge on any atom is -0.497 e. The lowest BCUT2D eigenvalue weighted by Crippen LogP contribution is -2.54. The topological polar surface area (TPSA) is 95.8 Å². The van der Waals surface area contributed by atoms with Crippen molar-refractivity contribution in [2.75, 3.05) is 53.0 Å². The average Bonchev–Trinajstić information content (AvgIpc) is 3.44. The lowest BCUT2D eigenvalue weighted by molar-refractivity contribution is 0.0753. The first-order valence-corrected chi connectivity index (χ1v) is 12.0. The number of likely N-dealkylation sites (tertiary alicyclic amines) is 1. The van der Waals surface area contributed by atoms with Crippen molar-refractivity contribution >= 4 is 16.9 Å². The van der Waals surface area contributed by atoms with E-state index in [2.05, 4.69) is 32.2 Å². The maximum Gasteiger partial charge on any atom is 0.312 e. The minimum absolute atomic E-state index is 0.133. The van der Waals surface area contributed by atoms with Gasteiger partial charge in [0.05, 0.1) is 12.6 Å². The number of hydrogen-bond donors (Lipinski definition) is 3. The van der Waals surface area contributed by atoms with Gasteiger partial charge in [0.2, 0.25) is 0 Å². The molecule has 34 heavy (non-hydrogen) atoms. The van der Waals surface area contributed by atoms with E-state index >= 15 is 0 Å². The molecule has 5 rings (SSSR count). The zero-order chi connectivity index (χ0) is 23.5. The molecule has 0 bridgehead atoms. The molecular formula is C26H33N5O3. The number of nitrogens with two attached hydrogens (primary N) is 1. The first-order chi connectivity index (χ1) is 16.6. The van der Waals surface area contributed by atoms with Crippen LogP contribution in [0.1, 0.15) is 17.7 Å². The lowest BCUT2D eigenvalue weighted by atomic mass is 9.84. The number of fused-ring (bicyclic) bond motifs is 4. The molecule has 1 atom stereocenters. The van der Waals surface area contributed by atoms with E-state index in [9.17, 15) is 4.79 Å². The summed E-state index contributed by atoms with van der Waals surface area (Å²) in [5, 5.41) is 4.01. The van der Waals surface area contributed by atoms with Crippen LogP contribution in [0.2, 0.25) is 0 Å². The monoisotopic (exact) mass is 463 g/mol. The number of benzene rings is 2. The number of ether oxygens (including phenoxy) is 2. The number of aromatic nitrogens is 1. The highest BCUT2D eigenvalue weighted by Gasteiger charge is 2.48. The molecule has 4 N–H and O–H groups in total. The quantitative estimate of drug-likeness (QED) is 0.477. The minimum atomic E-state index is -0.476. The van der Waals surface area contributed by atoms with Crippen molar-refractivity contribution in [3.05, 3.63) is 59.8 Å². The number of methoxy groups -OCH3 is 1. The van der Waals surface area contributed by atoms with Crippen LogP contribution in [0.5, 0.6) is 11.5 Å². The van der Waals surface area contributed by atoms with E-state index in [0.29, 0.717) is 13.2 Å². The number of aromatic amines is 1. The number of H-pyrrole nitrogens is 1. The number of nitrogens with one attached hydrogen (secondary N) is 2. The highest BCUT2D eigenvalue weighted by Crippen LogP contribution is 2.44. The van der Waals surface area contributed by atoms with Gasteiger partial charge < -0.3 is 25.5 Å². The third-order valence-electron chi connectivity index (χ3n) is 7.24. The summed E-state index contributed by atoms with van der Waals surface area (Å²) in [4.78, 5) is 20.0. The van der Waals surface area contributed by atoms with Gasteiger partial charge in [0.1, 0.15) is 18.1 Å². The van der Waals surface area contributed by atoms with Gasteiger partial charge in [0, 0.05) is 55.9 Å². The first kappa shape index (κ1) is 22.6. The summed E-state index contributed by atoms with van der Waals surface area (Å²) in [6.45, 7) is 5.67. The van der Waals surface area contributed by atoms with E-state index in [-0.39, 0.29) is 5.54 Å². The van der Waals surface area contributed by atoms with Crippen LogP contribution in [0.25, 0.3) is 10.9 Å². The summed E-state index contributed by atoms with van der Waals surface area (Å²) in [5.74, 6) is 1.78. The molecule has 0 aliphatic carbocycles. The second kappa shape index (κ2) is 9.56. The first-order valence-electron chi connectivity index (χ1n) is 12.0. The summed E-state index contributed by atoms with van der Waals surface area (Å²) in [6.07, 6.45) is 1.98. The van der Waals surface area contributed by atoms with E-state index in [1.807, 2.05) is 36.4 Å². The molecule has 2 aromatic carbocycles. The van der Waals surface area contributed by atoms with E-state index in [0.717, 1.165) is 62.6 Å². The van der Waals surface area contributed by atoms with E-state index in [4.69, 9.17) is 15.2 Å². The zero-order valence-corrected chi connectivity index (χ0v) is 19.7. The summed E-state index contributed by atoms with van der Waals surface area (Å²) < 4.78 is 11.5. The molecule has 180 valence electrons.